The van der Waals surface area contributed by atoms with Gasteiger partial charge >= 0.3 is 6.61 Å². The molecular formula is C21H20F2N2O2. The van der Waals surface area contributed by atoms with Crippen LogP contribution in [-0.4, -0.2) is 17.5 Å². The summed E-state index contributed by atoms with van der Waals surface area (Å²) < 4.78 is 29.7. The first-order valence-electron chi connectivity index (χ1n) is 8.96. The van der Waals surface area contributed by atoms with E-state index in [9.17, 15) is 13.6 Å². The van der Waals surface area contributed by atoms with Gasteiger partial charge in [-0.3, -0.25) is 4.79 Å². The number of H-pyrrole nitrogens is 1. The van der Waals surface area contributed by atoms with Gasteiger partial charge in [-0.15, -0.1) is 0 Å². The lowest BCUT2D eigenvalue weighted by molar-refractivity contribution is -0.0487. The lowest BCUT2D eigenvalue weighted by Crippen LogP contribution is -2.30. The molecule has 3 aromatic rings. The third-order valence-electron chi connectivity index (χ3n) is 4.99. The summed E-state index contributed by atoms with van der Waals surface area (Å²) in [6, 6.07) is 14.3. The van der Waals surface area contributed by atoms with E-state index in [0.717, 1.165) is 24.0 Å². The van der Waals surface area contributed by atoms with Gasteiger partial charge in [0.1, 0.15) is 11.4 Å². The second-order valence-corrected chi connectivity index (χ2v) is 6.92. The number of halogens is 2. The topological polar surface area (TPSA) is 54.1 Å². The van der Waals surface area contributed by atoms with Crippen LogP contribution in [0.4, 0.5) is 8.78 Å². The SMILES string of the molecule is Cc1ccccc1C(NC(=O)c1cc2c(OC(F)F)cccc2[nH]1)C1CC1. The molecule has 1 unspecified atom stereocenters. The predicted octanol–water partition coefficient (Wildman–Crippen LogP) is 4.96. The van der Waals surface area contributed by atoms with Crippen molar-refractivity contribution in [3.8, 4) is 5.75 Å². The smallest absolute Gasteiger partial charge is 0.387 e. The first-order chi connectivity index (χ1) is 13.0. The maximum Gasteiger partial charge on any atom is 0.387 e. The number of benzene rings is 2. The van der Waals surface area contributed by atoms with Crippen molar-refractivity contribution in [3.63, 3.8) is 0 Å². The normalized spacial score (nSPS) is 15.1. The van der Waals surface area contributed by atoms with E-state index in [0.29, 0.717) is 22.5 Å². The number of ether oxygens (including phenoxy) is 1. The zero-order valence-corrected chi connectivity index (χ0v) is 14.8. The van der Waals surface area contributed by atoms with E-state index in [4.69, 9.17) is 0 Å². The monoisotopic (exact) mass is 370 g/mol. The Morgan fingerprint density at radius 3 is 2.67 bits per heavy atom. The predicted molar refractivity (Wildman–Crippen MR) is 99.0 cm³/mol. The van der Waals surface area contributed by atoms with Crippen molar-refractivity contribution >= 4 is 16.8 Å². The van der Waals surface area contributed by atoms with Crippen LogP contribution in [0.25, 0.3) is 10.9 Å². The summed E-state index contributed by atoms with van der Waals surface area (Å²) in [5, 5.41) is 3.57. The molecule has 1 atom stereocenters. The summed E-state index contributed by atoms with van der Waals surface area (Å²) in [5.41, 5.74) is 3.16. The average Bonchev–Trinajstić information content (AvgIpc) is 3.37. The van der Waals surface area contributed by atoms with Crippen molar-refractivity contribution in [2.45, 2.75) is 32.4 Å². The average molecular weight is 370 g/mol. The van der Waals surface area contributed by atoms with Crippen molar-refractivity contribution in [3.05, 3.63) is 65.4 Å². The lowest BCUT2D eigenvalue weighted by Gasteiger charge is -2.20. The second kappa shape index (κ2) is 7.02. The minimum absolute atomic E-state index is 0.0513. The van der Waals surface area contributed by atoms with Gasteiger partial charge in [-0.05, 0) is 55.0 Å². The molecule has 4 rings (SSSR count). The first kappa shape index (κ1) is 17.5. The minimum Gasteiger partial charge on any atom is -0.434 e. The van der Waals surface area contributed by atoms with Crippen LogP contribution in [0.15, 0.2) is 48.5 Å². The van der Waals surface area contributed by atoms with Gasteiger partial charge in [0.25, 0.3) is 5.91 Å². The largest absolute Gasteiger partial charge is 0.434 e. The number of rotatable bonds is 6. The fourth-order valence-corrected chi connectivity index (χ4v) is 3.48. The number of aromatic amines is 1. The standard InChI is InChI=1S/C21H20F2N2O2/c1-12-5-2-3-6-14(12)19(13-9-10-13)25-20(26)17-11-15-16(24-17)7-4-8-18(15)27-21(22)23/h2-8,11,13,19,21,24H,9-10H2,1H3,(H,25,26). The van der Waals surface area contributed by atoms with Crippen molar-refractivity contribution in [2.75, 3.05) is 0 Å². The molecule has 2 N–H and O–H groups in total. The van der Waals surface area contributed by atoms with E-state index in [-0.39, 0.29) is 17.7 Å². The van der Waals surface area contributed by atoms with Gasteiger partial charge in [0.2, 0.25) is 0 Å². The second-order valence-electron chi connectivity index (χ2n) is 6.92. The van der Waals surface area contributed by atoms with E-state index in [1.165, 1.54) is 6.07 Å². The molecule has 6 heteroatoms. The lowest BCUT2D eigenvalue weighted by atomic mass is 9.97. The zero-order chi connectivity index (χ0) is 19.0. The van der Waals surface area contributed by atoms with Crippen LogP contribution in [0.5, 0.6) is 5.75 Å². The number of aromatic nitrogens is 1. The van der Waals surface area contributed by atoms with Gasteiger partial charge < -0.3 is 15.0 Å². The number of carbonyl (C=O) groups is 1. The third kappa shape index (κ3) is 3.65. The molecule has 1 aliphatic carbocycles. The summed E-state index contributed by atoms with van der Waals surface area (Å²) in [7, 11) is 0. The Hall–Kier alpha value is -2.89. The molecular weight excluding hydrogens is 350 g/mol. The molecule has 1 amide bonds. The number of fused-ring (bicyclic) bond motifs is 1. The first-order valence-corrected chi connectivity index (χ1v) is 8.96. The Morgan fingerprint density at radius 1 is 1.19 bits per heavy atom. The fourth-order valence-electron chi connectivity index (χ4n) is 3.48. The number of hydrogen-bond donors (Lipinski definition) is 2. The molecule has 0 aliphatic heterocycles. The van der Waals surface area contributed by atoms with Crippen LogP contribution in [0, 0.1) is 12.8 Å². The van der Waals surface area contributed by atoms with Gasteiger partial charge in [-0.25, -0.2) is 0 Å². The Labute approximate surface area is 155 Å². The molecule has 0 spiro atoms. The van der Waals surface area contributed by atoms with Crippen molar-refractivity contribution in [1.29, 1.82) is 0 Å². The van der Waals surface area contributed by atoms with Crippen LogP contribution in [0.2, 0.25) is 0 Å². The molecule has 1 heterocycles. The molecule has 1 aromatic heterocycles. The van der Waals surface area contributed by atoms with E-state index < -0.39 is 6.61 Å². The van der Waals surface area contributed by atoms with E-state index >= 15 is 0 Å². The molecule has 1 fully saturated rings. The van der Waals surface area contributed by atoms with E-state index in [1.807, 2.05) is 31.2 Å². The maximum atomic E-state index is 12.8. The van der Waals surface area contributed by atoms with Crippen LogP contribution in [0.1, 0.15) is 40.5 Å². The minimum atomic E-state index is -2.91. The number of nitrogens with one attached hydrogen (secondary N) is 2. The van der Waals surface area contributed by atoms with Gasteiger partial charge in [0.15, 0.2) is 0 Å². The maximum absolute atomic E-state index is 12.8. The van der Waals surface area contributed by atoms with Gasteiger partial charge in [0, 0.05) is 10.9 Å². The van der Waals surface area contributed by atoms with Crippen LogP contribution in [0.3, 0.4) is 0 Å². The molecule has 0 saturated heterocycles. The molecule has 27 heavy (non-hydrogen) atoms. The summed E-state index contributed by atoms with van der Waals surface area (Å²) in [6.07, 6.45) is 2.16. The highest BCUT2D eigenvalue weighted by molar-refractivity contribution is 5.99. The summed E-state index contributed by atoms with van der Waals surface area (Å²) in [5.74, 6) is 0.224. The Morgan fingerprint density at radius 2 is 1.96 bits per heavy atom. The van der Waals surface area contributed by atoms with Crippen molar-refractivity contribution in [2.24, 2.45) is 5.92 Å². The summed E-state index contributed by atoms with van der Waals surface area (Å²) >= 11 is 0. The number of carbonyl (C=O) groups excluding carboxylic acids is 1. The van der Waals surface area contributed by atoms with Gasteiger partial charge in [-0.2, -0.15) is 8.78 Å². The third-order valence-corrected chi connectivity index (χ3v) is 4.99. The molecule has 1 aliphatic rings. The van der Waals surface area contributed by atoms with Crippen LogP contribution < -0.4 is 10.1 Å². The van der Waals surface area contributed by atoms with E-state index in [1.54, 1.807) is 18.2 Å². The van der Waals surface area contributed by atoms with Crippen LogP contribution >= 0.6 is 0 Å². The Bertz CT molecular complexity index is 979. The highest BCUT2D eigenvalue weighted by Gasteiger charge is 2.34. The van der Waals surface area contributed by atoms with Crippen molar-refractivity contribution < 1.29 is 18.3 Å². The molecule has 140 valence electrons. The fraction of sp³-hybridized carbons (Fsp3) is 0.286. The van der Waals surface area contributed by atoms with Crippen molar-refractivity contribution in [1.82, 2.24) is 10.3 Å². The van der Waals surface area contributed by atoms with Crippen LogP contribution in [-0.2, 0) is 0 Å². The summed E-state index contributed by atoms with van der Waals surface area (Å²) in [6.45, 7) is -0.878. The number of amides is 1. The highest BCUT2D eigenvalue weighted by Crippen LogP contribution is 2.42. The van der Waals surface area contributed by atoms with E-state index in [2.05, 4.69) is 15.0 Å². The molecule has 1 saturated carbocycles. The number of hydrogen-bond acceptors (Lipinski definition) is 2. The molecule has 4 nitrogen and oxygen atoms in total. The molecule has 0 radical (unpaired) electrons. The van der Waals surface area contributed by atoms with Gasteiger partial charge in [-0.1, -0.05) is 30.3 Å². The Balaban J connectivity index is 1.61. The quantitative estimate of drug-likeness (QED) is 0.644. The number of alkyl halides is 2. The van der Waals surface area contributed by atoms with Gasteiger partial charge in [0.05, 0.1) is 6.04 Å². The summed E-state index contributed by atoms with van der Waals surface area (Å²) in [4.78, 5) is 15.8. The molecule has 0 bridgehead atoms. The Kier molecular flexibility index (Phi) is 4.56. The highest BCUT2D eigenvalue weighted by atomic mass is 19.3. The number of aryl methyl sites for hydroxylation is 1. The zero-order valence-electron chi connectivity index (χ0n) is 14.8. The molecule has 2 aromatic carbocycles.